The first-order chi connectivity index (χ1) is 8.45. The fraction of sp³-hybridized carbons (Fsp3) is 0.667. The number of carbonyl (C=O) groups is 1. The molecule has 1 unspecified atom stereocenters. The molecular formula is C12H23ClN4O2. The molecule has 1 heterocycles. The number of hydrogen-bond donors (Lipinski definition) is 2. The Morgan fingerprint density at radius 2 is 2.16 bits per heavy atom. The van der Waals surface area contributed by atoms with Crippen LogP contribution in [0, 0.1) is 19.8 Å². The Labute approximate surface area is 120 Å². The van der Waals surface area contributed by atoms with Crippen molar-refractivity contribution in [3.8, 4) is 5.75 Å². The molecule has 0 saturated heterocycles. The predicted octanol–water partition coefficient (Wildman–Crippen LogP) is 0.549. The molecule has 0 radical (unpaired) electrons. The quantitative estimate of drug-likeness (QED) is 0.801. The molecule has 0 fully saturated rings. The highest BCUT2D eigenvalue weighted by Gasteiger charge is 2.12. The Morgan fingerprint density at radius 1 is 1.53 bits per heavy atom. The van der Waals surface area contributed by atoms with Gasteiger partial charge in [-0.25, -0.2) is 0 Å². The van der Waals surface area contributed by atoms with Crippen LogP contribution in [0.4, 0.5) is 0 Å². The number of nitrogens with two attached hydrogens (primary N) is 1. The van der Waals surface area contributed by atoms with Gasteiger partial charge in [-0.15, -0.1) is 12.4 Å². The van der Waals surface area contributed by atoms with Crippen molar-refractivity contribution in [2.75, 3.05) is 19.7 Å². The molecule has 0 bridgehead atoms. The Balaban J connectivity index is 0.00000324. The summed E-state index contributed by atoms with van der Waals surface area (Å²) < 4.78 is 7.22. The van der Waals surface area contributed by atoms with E-state index in [1.807, 2.05) is 27.8 Å². The molecule has 0 aliphatic heterocycles. The van der Waals surface area contributed by atoms with Crippen LogP contribution in [-0.4, -0.2) is 35.4 Å². The summed E-state index contributed by atoms with van der Waals surface area (Å²) in [6, 6.07) is 0. The van der Waals surface area contributed by atoms with Crippen molar-refractivity contribution in [1.82, 2.24) is 15.1 Å². The number of aryl methyl sites for hydroxylation is 2. The van der Waals surface area contributed by atoms with E-state index < -0.39 is 0 Å². The second-order valence-corrected chi connectivity index (χ2v) is 4.56. The van der Waals surface area contributed by atoms with Gasteiger partial charge >= 0.3 is 0 Å². The van der Waals surface area contributed by atoms with Crippen molar-refractivity contribution >= 4 is 18.3 Å². The monoisotopic (exact) mass is 290 g/mol. The number of nitrogens with one attached hydrogen (secondary N) is 1. The van der Waals surface area contributed by atoms with E-state index in [-0.39, 0.29) is 30.8 Å². The van der Waals surface area contributed by atoms with Crippen LogP contribution >= 0.6 is 12.4 Å². The maximum Gasteiger partial charge on any atom is 0.257 e. The molecule has 1 atom stereocenters. The average molecular weight is 291 g/mol. The topological polar surface area (TPSA) is 82.2 Å². The summed E-state index contributed by atoms with van der Waals surface area (Å²) in [5.41, 5.74) is 7.17. The zero-order chi connectivity index (χ0) is 13.7. The molecule has 6 nitrogen and oxygen atoms in total. The number of carbonyl (C=O) groups excluding carboxylic acids is 1. The van der Waals surface area contributed by atoms with Gasteiger partial charge < -0.3 is 15.8 Å². The number of aromatic nitrogens is 2. The average Bonchev–Trinajstić information content (AvgIpc) is 2.58. The first-order valence-corrected chi connectivity index (χ1v) is 6.05. The van der Waals surface area contributed by atoms with Crippen LogP contribution in [0.15, 0.2) is 0 Å². The van der Waals surface area contributed by atoms with Gasteiger partial charge in [0.05, 0.1) is 5.69 Å². The van der Waals surface area contributed by atoms with Gasteiger partial charge in [0.1, 0.15) is 5.69 Å². The molecular weight excluding hydrogens is 268 g/mol. The van der Waals surface area contributed by atoms with Crippen LogP contribution in [0.5, 0.6) is 5.75 Å². The van der Waals surface area contributed by atoms with Crippen LogP contribution in [0.2, 0.25) is 0 Å². The minimum atomic E-state index is -0.141. The Bertz CT molecular complexity index is 420. The lowest BCUT2D eigenvalue weighted by Crippen LogP contribution is -2.34. The summed E-state index contributed by atoms with van der Waals surface area (Å²) in [6.45, 7) is 6.88. The summed E-state index contributed by atoms with van der Waals surface area (Å²) >= 11 is 0. The van der Waals surface area contributed by atoms with Gasteiger partial charge in [0.15, 0.2) is 12.4 Å². The molecule has 0 aromatic carbocycles. The van der Waals surface area contributed by atoms with Gasteiger partial charge in [-0.2, -0.15) is 5.10 Å². The molecule has 1 aromatic rings. The smallest absolute Gasteiger partial charge is 0.257 e. The van der Waals surface area contributed by atoms with Gasteiger partial charge in [0.2, 0.25) is 0 Å². The van der Waals surface area contributed by atoms with Crippen molar-refractivity contribution in [3.05, 3.63) is 11.4 Å². The zero-order valence-electron chi connectivity index (χ0n) is 11.9. The van der Waals surface area contributed by atoms with E-state index in [0.717, 1.165) is 11.4 Å². The van der Waals surface area contributed by atoms with Crippen molar-refractivity contribution in [3.63, 3.8) is 0 Å². The van der Waals surface area contributed by atoms with E-state index in [0.29, 0.717) is 18.8 Å². The van der Waals surface area contributed by atoms with Crippen molar-refractivity contribution in [1.29, 1.82) is 0 Å². The zero-order valence-corrected chi connectivity index (χ0v) is 12.7. The summed E-state index contributed by atoms with van der Waals surface area (Å²) in [5.74, 6) is 0.813. The highest BCUT2D eigenvalue weighted by atomic mass is 35.5. The van der Waals surface area contributed by atoms with E-state index in [1.165, 1.54) is 0 Å². The number of halogens is 1. The third kappa shape index (κ3) is 5.08. The summed E-state index contributed by atoms with van der Waals surface area (Å²) in [4.78, 5) is 11.6. The number of nitrogens with zero attached hydrogens (tertiary/aromatic N) is 2. The first kappa shape index (κ1) is 17.7. The third-order valence-electron chi connectivity index (χ3n) is 2.84. The van der Waals surface area contributed by atoms with Crippen LogP contribution < -0.4 is 15.8 Å². The Morgan fingerprint density at radius 3 is 2.63 bits per heavy atom. The van der Waals surface area contributed by atoms with Crippen molar-refractivity contribution < 1.29 is 9.53 Å². The van der Waals surface area contributed by atoms with Crippen LogP contribution in [0.1, 0.15) is 18.3 Å². The van der Waals surface area contributed by atoms with E-state index in [4.69, 9.17) is 10.5 Å². The molecule has 0 aliphatic rings. The fourth-order valence-corrected chi connectivity index (χ4v) is 1.52. The third-order valence-corrected chi connectivity index (χ3v) is 2.84. The molecule has 1 rings (SSSR count). The number of amides is 1. The molecule has 19 heavy (non-hydrogen) atoms. The largest absolute Gasteiger partial charge is 0.480 e. The van der Waals surface area contributed by atoms with Crippen molar-refractivity contribution in [2.45, 2.75) is 20.8 Å². The van der Waals surface area contributed by atoms with Gasteiger partial charge in [0.25, 0.3) is 5.91 Å². The second kappa shape index (κ2) is 8.01. The van der Waals surface area contributed by atoms with E-state index in [1.54, 1.807) is 4.68 Å². The van der Waals surface area contributed by atoms with Gasteiger partial charge in [-0.1, -0.05) is 6.92 Å². The Kier molecular flexibility index (Phi) is 7.48. The van der Waals surface area contributed by atoms with E-state index in [2.05, 4.69) is 10.4 Å². The predicted molar refractivity (Wildman–Crippen MR) is 76.7 cm³/mol. The summed E-state index contributed by atoms with van der Waals surface area (Å²) in [5, 5.41) is 7.00. The maximum atomic E-state index is 11.6. The fourth-order valence-electron chi connectivity index (χ4n) is 1.52. The normalized spacial score (nSPS) is 11.6. The number of rotatable bonds is 6. The minimum absolute atomic E-state index is 0. The lowest BCUT2D eigenvalue weighted by molar-refractivity contribution is -0.123. The molecule has 3 N–H and O–H groups in total. The maximum absolute atomic E-state index is 11.6. The molecule has 110 valence electrons. The molecule has 0 aliphatic carbocycles. The summed E-state index contributed by atoms with van der Waals surface area (Å²) in [7, 11) is 1.85. The number of ether oxygens (including phenoxy) is 1. The number of hydrogen-bond acceptors (Lipinski definition) is 4. The lowest BCUT2D eigenvalue weighted by atomic mass is 10.2. The molecule has 0 saturated carbocycles. The standard InChI is InChI=1S/C12H22N4O2.ClH/c1-8(5-13)6-14-11(17)7-18-12-9(2)15-16(4)10(12)3;/h8H,5-7,13H2,1-4H3,(H,14,17);1H. The highest BCUT2D eigenvalue weighted by molar-refractivity contribution is 5.85. The molecule has 1 amide bonds. The van der Waals surface area contributed by atoms with Crippen LogP contribution in [0.25, 0.3) is 0 Å². The molecule has 7 heteroatoms. The first-order valence-electron chi connectivity index (χ1n) is 6.05. The SMILES string of the molecule is Cc1nn(C)c(C)c1OCC(=O)NCC(C)CN.Cl. The van der Waals surface area contributed by atoms with Crippen LogP contribution in [0.3, 0.4) is 0 Å². The van der Waals surface area contributed by atoms with Gasteiger partial charge in [-0.05, 0) is 26.3 Å². The van der Waals surface area contributed by atoms with Crippen LogP contribution in [-0.2, 0) is 11.8 Å². The lowest BCUT2D eigenvalue weighted by Gasteiger charge is -2.11. The molecule has 0 spiro atoms. The Hall–Kier alpha value is -1.27. The second-order valence-electron chi connectivity index (χ2n) is 4.56. The highest BCUT2D eigenvalue weighted by Crippen LogP contribution is 2.20. The van der Waals surface area contributed by atoms with Crippen molar-refractivity contribution in [2.24, 2.45) is 18.7 Å². The van der Waals surface area contributed by atoms with E-state index >= 15 is 0 Å². The van der Waals surface area contributed by atoms with Gasteiger partial charge in [0, 0.05) is 13.6 Å². The molecule has 1 aromatic heterocycles. The minimum Gasteiger partial charge on any atom is -0.480 e. The summed E-state index contributed by atoms with van der Waals surface area (Å²) in [6.07, 6.45) is 0. The van der Waals surface area contributed by atoms with E-state index in [9.17, 15) is 4.79 Å². The van der Waals surface area contributed by atoms with Gasteiger partial charge in [-0.3, -0.25) is 9.48 Å².